The van der Waals surface area contributed by atoms with Gasteiger partial charge >= 0.3 is 5.97 Å². The van der Waals surface area contributed by atoms with Crippen molar-refractivity contribution >= 4 is 17.6 Å². The van der Waals surface area contributed by atoms with Gasteiger partial charge in [0.25, 0.3) is 0 Å². The fourth-order valence-electron chi connectivity index (χ4n) is 3.82. The minimum absolute atomic E-state index is 0.0398. The molecule has 0 bridgehead atoms. The zero-order valence-electron chi connectivity index (χ0n) is 17.5. The van der Waals surface area contributed by atoms with Crippen LogP contribution in [0.2, 0.25) is 0 Å². The van der Waals surface area contributed by atoms with Crippen LogP contribution in [0.1, 0.15) is 37.6 Å². The number of ether oxygens (including phenoxy) is 1. The van der Waals surface area contributed by atoms with E-state index >= 15 is 0 Å². The van der Waals surface area contributed by atoms with E-state index in [2.05, 4.69) is 15.3 Å². The second-order valence-electron chi connectivity index (χ2n) is 7.48. The van der Waals surface area contributed by atoms with Gasteiger partial charge in [-0.15, -0.1) is 0 Å². The molecule has 29 heavy (non-hydrogen) atoms. The number of rotatable bonds is 7. The first kappa shape index (κ1) is 21.0. The number of piperidine rings is 1. The Balaban J connectivity index is 1.56. The van der Waals surface area contributed by atoms with Crippen molar-refractivity contribution in [1.29, 1.82) is 0 Å². The summed E-state index contributed by atoms with van der Waals surface area (Å²) in [5.41, 5.74) is 3.43. The number of anilines is 1. The molecule has 1 aliphatic heterocycles. The maximum atomic E-state index is 12.6. The number of likely N-dealkylation sites (tertiary alicyclic amines) is 1. The van der Waals surface area contributed by atoms with E-state index in [0.717, 1.165) is 42.1 Å². The summed E-state index contributed by atoms with van der Waals surface area (Å²) in [7, 11) is 0. The number of para-hydroxylation sites is 1. The van der Waals surface area contributed by atoms with Crippen LogP contribution in [0.3, 0.4) is 0 Å². The summed E-state index contributed by atoms with van der Waals surface area (Å²) in [4.78, 5) is 26.7. The Hall–Kier alpha value is -2.67. The molecule has 1 saturated heterocycles. The zero-order valence-corrected chi connectivity index (χ0v) is 17.5. The summed E-state index contributed by atoms with van der Waals surface area (Å²) in [6.07, 6.45) is 2.19. The first-order chi connectivity index (χ1) is 14.0. The van der Waals surface area contributed by atoms with Gasteiger partial charge in [0.15, 0.2) is 0 Å². The number of nitrogens with zero attached hydrogens (tertiary/aromatic N) is 3. The van der Waals surface area contributed by atoms with E-state index in [1.54, 1.807) is 0 Å². The lowest BCUT2D eigenvalue weighted by Gasteiger charge is -2.31. The van der Waals surface area contributed by atoms with E-state index in [9.17, 15) is 9.59 Å². The molecule has 1 fully saturated rings. The average molecular weight is 399 g/mol. The number of carbonyl (C=O) groups is 2. The van der Waals surface area contributed by atoms with Gasteiger partial charge in [0.1, 0.15) is 0 Å². The van der Waals surface area contributed by atoms with Crippen LogP contribution in [0.5, 0.6) is 0 Å². The molecule has 1 aromatic carbocycles. The van der Waals surface area contributed by atoms with Gasteiger partial charge in [-0.25, -0.2) is 4.68 Å². The standard InChI is InChI=1S/C22H30N4O3/c1-4-29-22(28)18-9-8-13-25(15-18)14-12-20(27)23-21-16(2)24-26(17(21)3)19-10-6-5-7-11-19/h5-7,10-11,18H,4,8-9,12-15H2,1-3H3,(H,23,27). The molecule has 2 heterocycles. The normalized spacial score (nSPS) is 17.1. The number of benzene rings is 1. The molecule has 0 aliphatic carbocycles. The van der Waals surface area contributed by atoms with Gasteiger partial charge in [0.2, 0.25) is 5.91 Å². The molecule has 0 radical (unpaired) electrons. The lowest BCUT2D eigenvalue weighted by Crippen LogP contribution is -2.40. The van der Waals surface area contributed by atoms with E-state index < -0.39 is 0 Å². The fraction of sp³-hybridized carbons (Fsp3) is 0.500. The highest BCUT2D eigenvalue weighted by Crippen LogP contribution is 2.23. The number of hydrogen-bond acceptors (Lipinski definition) is 5. The summed E-state index contributed by atoms with van der Waals surface area (Å²) < 4.78 is 6.99. The summed E-state index contributed by atoms with van der Waals surface area (Å²) in [6.45, 7) is 8.30. The SMILES string of the molecule is CCOC(=O)C1CCCN(CCC(=O)Nc2c(C)nn(-c3ccccc3)c2C)C1. The topological polar surface area (TPSA) is 76.5 Å². The van der Waals surface area contributed by atoms with E-state index in [-0.39, 0.29) is 17.8 Å². The van der Waals surface area contributed by atoms with Crippen molar-refractivity contribution in [3.63, 3.8) is 0 Å². The fourth-order valence-corrected chi connectivity index (χ4v) is 3.82. The second-order valence-corrected chi connectivity index (χ2v) is 7.48. The third kappa shape index (κ3) is 5.23. The Bertz CT molecular complexity index is 847. The molecule has 7 nitrogen and oxygen atoms in total. The number of nitrogens with one attached hydrogen (secondary N) is 1. The highest BCUT2D eigenvalue weighted by atomic mass is 16.5. The lowest BCUT2D eigenvalue weighted by atomic mass is 9.98. The van der Waals surface area contributed by atoms with Gasteiger partial charge in [-0.05, 0) is 52.3 Å². The Labute approximate surface area is 172 Å². The predicted octanol–water partition coefficient (Wildman–Crippen LogP) is 3.09. The minimum Gasteiger partial charge on any atom is -0.466 e. The monoisotopic (exact) mass is 398 g/mol. The Kier molecular flexibility index (Phi) is 7.04. The minimum atomic E-state index is -0.124. The van der Waals surface area contributed by atoms with Crippen molar-refractivity contribution in [2.75, 3.05) is 31.6 Å². The van der Waals surface area contributed by atoms with Crippen molar-refractivity contribution in [3.8, 4) is 5.69 Å². The quantitative estimate of drug-likeness (QED) is 0.726. The molecular weight excluding hydrogens is 368 g/mol. The van der Waals surface area contributed by atoms with Crippen LogP contribution in [-0.4, -0.2) is 52.8 Å². The Morgan fingerprint density at radius 3 is 2.72 bits per heavy atom. The highest BCUT2D eigenvalue weighted by Gasteiger charge is 2.27. The second kappa shape index (κ2) is 9.69. The van der Waals surface area contributed by atoms with Crippen molar-refractivity contribution in [1.82, 2.24) is 14.7 Å². The van der Waals surface area contributed by atoms with Crippen LogP contribution >= 0.6 is 0 Å². The summed E-state index contributed by atoms with van der Waals surface area (Å²) in [5, 5.41) is 7.59. The van der Waals surface area contributed by atoms with Gasteiger partial charge < -0.3 is 15.0 Å². The number of esters is 1. The molecular formula is C22H30N4O3. The largest absolute Gasteiger partial charge is 0.466 e. The number of carbonyl (C=O) groups excluding carboxylic acids is 2. The molecule has 156 valence electrons. The molecule has 1 aromatic heterocycles. The van der Waals surface area contributed by atoms with Gasteiger partial charge in [0, 0.05) is 19.5 Å². The highest BCUT2D eigenvalue weighted by molar-refractivity contribution is 5.92. The van der Waals surface area contributed by atoms with Gasteiger partial charge in [0.05, 0.1) is 35.3 Å². The molecule has 7 heteroatoms. The van der Waals surface area contributed by atoms with E-state index in [4.69, 9.17) is 4.74 Å². The maximum Gasteiger partial charge on any atom is 0.310 e. The van der Waals surface area contributed by atoms with Gasteiger partial charge in [-0.3, -0.25) is 9.59 Å². The van der Waals surface area contributed by atoms with Crippen molar-refractivity contribution in [3.05, 3.63) is 41.7 Å². The third-order valence-electron chi connectivity index (χ3n) is 5.34. The number of amides is 1. The molecule has 3 rings (SSSR count). The summed E-state index contributed by atoms with van der Waals surface area (Å²) in [6, 6.07) is 9.87. The Morgan fingerprint density at radius 1 is 1.24 bits per heavy atom. The van der Waals surface area contributed by atoms with Gasteiger partial charge in [-0.2, -0.15) is 5.10 Å². The first-order valence-electron chi connectivity index (χ1n) is 10.3. The van der Waals surface area contributed by atoms with Gasteiger partial charge in [-0.1, -0.05) is 18.2 Å². The smallest absolute Gasteiger partial charge is 0.310 e. The number of hydrogen-bond donors (Lipinski definition) is 1. The zero-order chi connectivity index (χ0) is 20.8. The van der Waals surface area contributed by atoms with E-state index in [1.807, 2.05) is 55.8 Å². The number of aryl methyl sites for hydroxylation is 1. The lowest BCUT2D eigenvalue weighted by molar-refractivity contribution is -0.149. The van der Waals surface area contributed by atoms with Crippen molar-refractivity contribution < 1.29 is 14.3 Å². The molecule has 1 unspecified atom stereocenters. The van der Waals surface area contributed by atoms with Crippen LogP contribution in [0.25, 0.3) is 5.69 Å². The number of aromatic nitrogens is 2. The van der Waals surface area contributed by atoms with Crippen LogP contribution in [0.15, 0.2) is 30.3 Å². The molecule has 1 N–H and O–H groups in total. The molecule has 2 aromatic rings. The predicted molar refractivity (Wildman–Crippen MR) is 112 cm³/mol. The molecule has 0 saturated carbocycles. The van der Waals surface area contributed by atoms with Crippen molar-refractivity contribution in [2.24, 2.45) is 5.92 Å². The van der Waals surface area contributed by atoms with E-state index in [0.29, 0.717) is 26.1 Å². The molecule has 1 atom stereocenters. The van der Waals surface area contributed by atoms with Crippen LogP contribution in [0.4, 0.5) is 5.69 Å². The summed E-state index contributed by atoms with van der Waals surface area (Å²) >= 11 is 0. The summed E-state index contributed by atoms with van der Waals surface area (Å²) in [5.74, 6) is -0.247. The van der Waals surface area contributed by atoms with Crippen molar-refractivity contribution in [2.45, 2.75) is 40.0 Å². The Morgan fingerprint density at radius 2 is 2.00 bits per heavy atom. The molecule has 0 spiro atoms. The first-order valence-corrected chi connectivity index (χ1v) is 10.3. The average Bonchev–Trinajstić information content (AvgIpc) is 3.01. The maximum absolute atomic E-state index is 12.6. The molecule has 1 aliphatic rings. The van der Waals surface area contributed by atoms with Crippen LogP contribution in [-0.2, 0) is 14.3 Å². The third-order valence-corrected chi connectivity index (χ3v) is 5.34. The van der Waals surface area contributed by atoms with Crippen LogP contribution < -0.4 is 5.32 Å². The van der Waals surface area contributed by atoms with E-state index in [1.165, 1.54) is 0 Å². The molecule has 1 amide bonds. The van der Waals surface area contributed by atoms with Crippen LogP contribution in [0, 0.1) is 19.8 Å².